The molecule has 1 saturated heterocycles. The molecule has 104 valence electrons. The van der Waals surface area contributed by atoms with E-state index in [1.807, 2.05) is 20.0 Å². The van der Waals surface area contributed by atoms with Gasteiger partial charge in [0, 0.05) is 11.1 Å². The zero-order chi connectivity index (χ0) is 11.5. The van der Waals surface area contributed by atoms with E-state index in [0.29, 0.717) is 0 Å². The maximum absolute atomic E-state index is 11.8. The first-order chi connectivity index (χ1) is 7.66. The van der Waals surface area contributed by atoms with Crippen molar-refractivity contribution in [3.8, 4) is 0 Å². The standard InChI is InChI=1S/C11H17N3OS.2ClH/c1-7-6-13-11(16-7)8(2)14-10(15)9-4-3-5-12-9;;/h6,8-9,12H,3-5H2,1-2H3,(H,14,15);2*1H/t8?,9-;;/m0../s1. The molecule has 1 fully saturated rings. The SMILES string of the molecule is Cc1cnc(C(C)NC(=O)[C@@H]2CCCN2)s1.Cl.Cl. The summed E-state index contributed by atoms with van der Waals surface area (Å²) in [6.45, 7) is 4.95. The topological polar surface area (TPSA) is 54.0 Å². The number of carbonyl (C=O) groups excluding carboxylic acids is 1. The Hall–Kier alpha value is -0.360. The fourth-order valence-corrected chi connectivity index (χ4v) is 2.63. The highest BCUT2D eigenvalue weighted by atomic mass is 35.5. The van der Waals surface area contributed by atoms with Gasteiger partial charge in [0.1, 0.15) is 5.01 Å². The Morgan fingerprint density at radius 1 is 1.61 bits per heavy atom. The molecule has 2 atom stereocenters. The van der Waals surface area contributed by atoms with Gasteiger partial charge in [-0.25, -0.2) is 4.98 Å². The second-order valence-electron chi connectivity index (χ2n) is 4.19. The number of nitrogens with zero attached hydrogens (tertiary/aromatic N) is 1. The average molecular weight is 312 g/mol. The number of hydrogen-bond acceptors (Lipinski definition) is 4. The minimum absolute atomic E-state index is 0. The highest BCUT2D eigenvalue weighted by Gasteiger charge is 2.23. The van der Waals surface area contributed by atoms with Gasteiger partial charge in [-0.15, -0.1) is 36.2 Å². The number of aromatic nitrogens is 1. The molecule has 1 aliphatic heterocycles. The first-order valence-electron chi connectivity index (χ1n) is 5.63. The van der Waals surface area contributed by atoms with E-state index in [4.69, 9.17) is 0 Å². The van der Waals surface area contributed by atoms with Crippen molar-refractivity contribution in [1.82, 2.24) is 15.6 Å². The summed E-state index contributed by atoms with van der Waals surface area (Å²) in [5.41, 5.74) is 0. The van der Waals surface area contributed by atoms with E-state index in [0.717, 1.165) is 24.4 Å². The van der Waals surface area contributed by atoms with Crippen LogP contribution >= 0.6 is 36.2 Å². The molecule has 4 nitrogen and oxygen atoms in total. The average Bonchev–Trinajstić information content (AvgIpc) is 2.87. The van der Waals surface area contributed by atoms with Crippen LogP contribution in [0.4, 0.5) is 0 Å². The molecule has 2 rings (SSSR count). The zero-order valence-electron chi connectivity index (χ0n) is 10.4. The summed E-state index contributed by atoms with van der Waals surface area (Å²) in [4.78, 5) is 17.3. The van der Waals surface area contributed by atoms with Gasteiger partial charge >= 0.3 is 0 Å². The molecule has 0 aliphatic carbocycles. The van der Waals surface area contributed by atoms with Gasteiger partial charge in [-0.2, -0.15) is 0 Å². The lowest BCUT2D eigenvalue weighted by molar-refractivity contribution is -0.123. The third-order valence-corrected chi connectivity index (χ3v) is 3.84. The van der Waals surface area contributed by atoms with Crippen molar-refractivity contribution >= 4 is 42.1 Å². The first kappa shape index (κ1) is 17.6. The van der Waals surface area contributed by atoms with Crippen LogP contribution in [-0.4, -0.2) is 23.5 Å². The summed E-state index contributed by atoms with van der Waals surface area (Å²) in [6, 6.07) is -0.00268. The van der Waals surface area contributed by atoms with E-state index in [9.17, 15) is 4.79 Å². The number of carbonyl (C=O) groups is 1. The van der Waals surface area contributed by atoms with Gasteiger partial charge in [0.15, 0.2) is 0 Å². The Morgan fingerprint density at radius 2 is 2.33 bits per heavy atom. The maximum Gasteiger partial charge on any atom is 0.237 e. The van der Waals surface area contributed by atoms with E-state index >= 15 is 0 Å². The Morgan fingerprint density at radius 3 is 2.83 bits per heavy atom. The van der Waals surface area contributed by atoms with E-state index < -0.39 is 0 Å². The van der Waals surface area contributed by atoms with E-state index in [1.165, 1.54) is 4.88 Å². The lowest BCUT2D eigenvalue weighted by Crippen LogP contribution is -2.41. The highest BCUT2D eigenvalue weighted by molar-refractivity contribution is 7.11. The summed E-state index contributed by atoms with van der Waals surface area (Å²) in [6.07, 6.45) is 3.87. The monoisotopic (exact) mass is 311 g/mol. The van der Waals surface area contributed by atoms with E-state index in [-0.39, 0.29) is 42.8 Å². The van der Waals surface area contributed by atoms with Crippen LogP contribution in [0, 0.1) is 6.92 Å². The second kappa shape index (κ2) is 7.94. The molecule has 0 radical (unpaired) electrons. The molecule has 1 aromatic rings. The Labute approximate surface area is 124 Å². The maximum atomic E-state index is 11.8. The molecular formula is C11H19Cl2N3OS. The number of thiazole rings is 1. The van der Waals surface area contributed by atoms with Crippen molar-refractivity contribution in [2.24, 2.45) is 0 Å². The Balaban J connectivity index is 0.00000144. The largest absolute Gasteiger partial charge is 0.346 e. The number of aryl methyl sites for hydroxylation is 1. The molecule has 18 heavy (non-hydrogen) atoms. The van der Waals surface area contributed by atoms with Gasteiger partial charge in [0.2, 0.25) is 5.91 Å². The zero-order valence-corrected chi connectivity index (χ0v) is 12.9. The molecular weight excluding hydrogens is 293 g/mol. The normalized spacial score (nSPS) is 19.6. The van der Waals surface area contributed by atoms with Crippen LogP contribution in [0.5, 0.6) is 0 Å². The number of nitrogens with one attached hydrogen (secondary N) is 2. The molecule has 2 N–H and O–H groups in total. The summed E-state index contributed by atoms with van der Waals surface area (Å²) in [5, 5.41) is 7.16. The second-order valence-corrected chi connectivity index (χ2v) is 5.45. The van der Waals surface area contributed by atoms with Gasteiger partial charge in [-0.3, -0.25) is 4.79 Å². The van der Waals surface area contributed by atoms with Crippen molar-refractivity contribution < 1.29 is 4.79 Å². The smallest absolute Gasteiger partial charge is 0.237 e. The molecule has 0 saturated carbocycles. The summed E-state index contributed by atoms with van der Waals surface area (Å²) in [5.74, 6) is 0.0952. The Bertz CT molecular complexity index is 380. The fraction of sp³-hybridized carbons (Fsp3) is 0.636. The van der Waals surface area contributed by atoms with Crippen LogP contribution in [0.15, 0.2) is 6.20 Å². The number of halogens is 2. The number of rotatable bonds is 3. The van der Waals surface area contributed by atoms with Gasteiger partial charge in [0.25, 0.3) is 0 Å². The van der Waals surface area contributed by atoms with Crippen LogP contribution < -0.4 is 10.6 Å². The van der Waals surface area contributed by atoms with Gasteiger partial charge in [-0.1, -0.05) is 0 Å². The van der Waals surface area contributed by atoms with Crippen LogP contribution in [0.1, 0.15) is 35.7 Å². The van der Waals surface area contributed by atoms with Crippen molar-refractivity contribution in [2.75, 3.05) is 6.54 Å². The van der Waals surface area contributed by atoms with Gasteiger partial charge in [0.05, 0.1) is 12.1 Å². The molecule has 2 heterocycles. The van der Waals surface area contributed by atoms with Crippen molar-refractivity contribution in [2.45, 2.75) is 38.8 Å². The summed E-state index contributed by atoms with van der Waals surface area (Å²) in [7, 11) is 0. The number of amides is 1. The lowest BCUT2D eigenvalue weighted by atomic mass is 10.2. The molecule has 0 bridgehead atoms. The van der Waals surface area contributed by atoms with Crippen molar-refractivity contribution in [3.63, 3.8) is 0 Å². The molecule has 1 amide bonds. The van der Waals surface area contributed by atoms with Crippen LogP contribution in [0.3, 0.4) is 0 Å². The minimum Gasteiger partial charge on any atom is -0.346 e. The minimum atomic E-state index is -0.0106. The van der Waals surface area contributed by atoms with Crippen LogP contribution in [0.2, 0.25) is 0 Å². The molecule has 1 unspecified atom stereocenters. The lowest BCUT2D eigenvalue weighted by Gasteiger charge is -2.15. The first-order valence-corrected chi connectivity index (χ1v) is 6.44. The molecule has 7 heteroatoms. The van der Waals surface area contributed by atoms with Crippen LogP contribution in [-0.2, 0) is 4.79 Å². The van der Waals surface area contributed by atoms with Crippen molar-refractivity contribution in [3.05, 3.63) is 16.1 Å². The van der Waals surface area contributed by atoms with E-state index in [1.54, 1.807) is 11.3 Å². The van der Waals surface area contributed by atoms with E-state index in [2.05, 4.69) is 15.6 Å². The highest BCUT2D eigenvalue weighted by Crippen LogP contribution is 2.19. The van der Waals surface area contributed by atoms with Gasteiger partial charge in [-0.05, 0) is 33.2 Å². The fourth-order valence-electron chi connectivity index (χ4n) is 1.86. The molecule has 1 aliphatic rings. The predicted octanol–water partition coefficient (Wildman–Crippen LogP) is 2.22. The molecule has 0 aromatic carbocycles. The molecule has 1 aromatic heterocycles. The van der Waals surface area contributed by atoms with Gasteiger partial charge < -0.3 is 10.6 Å². The number of hydrogen-bond donors (Lipinski definition) is 2. The van der Waals surface area contributed by atoms with Crippen LogP contribution in [0.25, 0.3) is 0 Å². The molecule has 0 spiro atoms. The third kappa shape index (κ3) is 4.39. The summed E-state index contributed by atoms with van der Waals surface area (Å²) < 4.78 is 0. The Kier molecular flexibility index (Phi) is 7.78. The predicted molar refractivity (Wildman–Crippen MR) is 78.9 cm³/mol. The third-order valence-electron chi connectivity index (χ3n) is 2.75. The summed E-state index contributed by atoms with van der Waals surface area (Å²) >= 11 is 1.63. The quantitative estimate of drug-likeness (QED) is 0.900. The van der Waals surface area contributed by atoms with Crippen molar-refractivity contribution in [1.29, 1.82) is 0 Å².